The molecular formula is C27H22F6N2O2. The number of amides is 1. The molecule has 2 N–H and O–H groups in total. The zero-order chi connectivity index (χ0) is 27.1. The minimum Gasteiger partial charge on any atom is -0.456 e. The van der Waals surface area contributed by atoms with Gasteiger partial charge in [-0.2, -0.15) is 26.3 Å². The maximum atomic E-state index is 14.0. The van der Waals surface area contributed by atoms with Crippen LogP contribution in [0, 0.1) is 6.92 Å². The molecule has 0 radical (unpaired) electrons. The predicted octanol–water partition coefficient (Wildman–Crippen LogP) is 8.68. The van der Waals surface area contributed by atoms with Gasteiger partial charge in [0.2, 0.25) is 0 Å². The number of halogens is 6. The van der Waals surface area contributed by atoms with Gasteiger partial charge in [-0.1, -0.05) is 31.5 Å². The molecule has 0 aliphatic carbocycles. The predicted molar refractivity (Wildman–Crippen MR) is 128 cm³/mol. The van der Waals surface area contributed by atoms with E-state index in [4.69, 9.17) is 4.74 Å². The molecule has 3 aromatic carbocycles. The second-order valence-corrected chi connectivity index (χ2v) is 8.93. The summed E-state index contributed by atoms with van der Waals surface area (Å²) in [6.07, 6.45) is -8.69. The lowest BCUT2D eigenvalue weighted by Crippen LogP contribution is -2.17. The van der Waals surface area contributed by atoms with Gasteiger partial charge < -0.3 is 15.0 Å². The van der Waals surface area contributed by atoms with E-state index in [2.05, 4.69) is 10.3 Å². The Labute approximate surface area is 208 Å². The zero-order valence-electron chi connectivity index (χ0n) is 19.9. The quantitative estimate of drug-likeness (QED) is 0.259. The number of H-pyrrole nitrogens is 1. The smallest absolute Gasteiger partial charge is 0.420 e. The first-order chi connectivity index (χ1) is 17.2. The van der Waals surface area contributed by atoms with E-state index in [1.54, 1.807) is 25.3 Å². The number of ether oxygens (including phenoxy) is 1. The Bertz CT molecular complexity index is 1430. The summed E-state index contributed by atoms with van der Waals surface area (Å²) in [6.45, 7) is 5.51. The fourth-order valence-electron chi connectivity index (χ4n) is 4.00. The number of carbonyl (C=O) groups is 1. The van der Waals surface area contributed by atoms with Crippen LogP contribution in [0.15, 0.2) is 60.8 Å². The molecule has 10 heteroatoms. The van der Waals surface area contributed by atoms with E-state index in [0.29, 0.717) is 28.6 Å². The first-order valence-electron chi connectivity index (χ1n) is 11.2. The van der Waals surface area contributed by atoms with Crippen molar-refractivity contribution in [3.05, 3.63) is 88.6 Å². The van der Waals surface area contributed by atoms with Crippen molar-refractivity contribution in [2.75, 3.05) is 5.32 Å². The Hall–Kier alpha value is -3.95. The standard InChI is InChI=1S/C27H22F6N2O2/c1-14(2)20-13-34-23-8-7-18(12-19(20)23)37-24-21(26(28,29)30)10-17(11-22(24)27(31,32)33)35-25(36)16-6-4-5-15(3)9-16/h4-14,34H,1-3H3,(H,35,36). The number of alkyl halides is 6. The minimum atomic E-state index is -5.21. The maximum absolute atomic E-state index is 14.0. The lowest BCUT2D eigenvalue weighted by molar-refractivity contribution is -0.144. The molecular weight excluding hydrogens is 498 g/mol. The molecule has 0 fully saturated rings. The number of hydrogen-bond donors (Lipinski definition) is 2. The van der Waals surface area contributed by atoms with Gasteiger partial charge in [-0.05, 0) is 60.9 Å². The largest absolute Gasteiger partial charge is 0.456 e. The van der Waals surface area contributed by atoms with E-state index in [9.17, 15) is 31.1 Å². The monoisotopic (exact) mass is 520 g/mol. The van der Waals surface area contributed by atoms with Crippen molar-refractivity contribution in [2.45, 2.75) is 39.0 Å². The fourth-order valence-corrected chi connectivity index (χ4v) is 4.00. The maximum Gasteiger partial charge on any atom is 0.420 e. The van der Waals surface area contributed by atoms with Crippen LogP contribution in [0.25, 0.3) is 10.9 Å². The molecule has 4 aromatic rings. The first kappa shape index (κ1) is 26.1. The van der Waals surface area contributed by atoms with Crippen LogP contribution in [0.2, 0.25) is 0 Å². The molecule has 4 nitrogen and oxygen atoms in total. The molecule has 1 heterocycles. The van der Waals surface area contributed by atoms with Crippen LogP contribution in [0.3, 0.4) is 0 Å². The van der Waals surface area contributed by atoms with Crippen LogP contribution >= 0.6 is 0 Å². The van der Waals surface area contributed by atoms with Crippen molar-refractivity contribution in [2.24, 2.45) is 0 Å². The van der Waals surface area contributed by atoms with Crippen LogP contribution in [0.4, 0.5) is 32.0 Å². The Morgan fingerprint density at radius 3 is 2.14 bits per heavy atom. The first-order valence-corrected chi connectivity index (χ1v) is 11.2. The average Bonchev–Trinajstić information content (AvgIpc) is 3.22. The number of aryl methyl sites for hydroxylation is 1. The zero-order valence-corrected chi connectivity index (χ0v) is 19.9. The summed E-state index contributed by atoms with van der Waals surface area (Å²) in [5, 5.41) is 2.77. The summed E-state index contributed by atoms with van der Waals surface area (Å²) in [7, 11) is 0. The summed E-state index contributed by atoms with van der Waals surface area (Å²) in [6, 6.07) is 11.2. The number of aromatic amines is 1. The van der Waals surface area contributed by atoms with Gasteiger partial charge in [-0.25, -0.2) is 0 Å². The molecule has 0 aliphatic rings. The molecule has 0 atom stereocenters. The number of nitrogens with one attached hydrogen (secondary N) is 2. The Balaban J connectivity index is 1.81. The molecule has 0 saturated carbocycles. The van der Waals surface area contributed by atoms with E-state index in [0.717, 1.165) is 5.56 Å². The molecule has 1 aromatic heterocycles. The number of rotatable bonds is 5. The topological polar surface area (TPSA) is 54.1 Å². The van der Waals surface area contributed by atoms with Crippen LogP contribution in [-0.4, -0.2) is 10.9 Å². The van der Waals surface area contributed by atoms with Gasteiger partial charge in [0.25, 0.3) is 5.91 Å². The number of aromatic nitrogens is 1. The van der Waals surface area contributed by atoms with Crippen LogP contribution in [-0.2, 0) is 12.4 Å². The minimum absolute atomic E-state index is 0.0526. The molecule has 194 valence electrons. The number of anilines is 1. The number of hydrogen-bond acceptors (Lipinski definition) is 2. The van der Waals surface area contributed by atoms with Crippen molar-refractivity contribution in [3.63, 3.8) is 0 Å². The normalized spacial score (nSPS) is 12.3. The fraction of sp³-hybridized carbons (Fsp3) is 0.222. The third-order valence-corrected chi connectivity index (χ3v) is 5.76. The molecule has 1 amide bonds. The molecule has 0 bridgehead atoms. The average molecular weight is 520 g/mol. The number of fused-ring (bicyclic) bond motifs is 1. The second kappa shape index (κ2) is 9.49. The number of benzene rings is 3. The van der Waals surface area contributed by atoms with Gasteiger partial charge >= 0.3 is 12.4 Å². The van der Waals surface area contributed by atoms with E-state index in [1.807, 2.05) is 13.8 Å². The summed E-state index contributed by atoms with van der Waals surface area (Å²) < 4.78 is 89.4. The molecule has 0 saturated heterocycles. The lowest BCUT2D eigenvalue weighted by atomic mass is 10.0. The van der Waals surface area contributed by atoms with E-state index >= 15 is 0 Å². The van der Waals surface area contributed by atoms with Gasteiger partial charge in [-0.15, -0.1) is 0 Å². The van der Waals surface area contributed by atoms with Gasteiger partial charge in [0.15, 0.2) is 5.75 Å². The number of carbonyl (C=O) groups excluding carboxylic acids is 1. The van der Waals surface area contributed by atoms with E-state index < -0.39 is 40.8 Å². The molecule has 37 heavy (non-hydrogen) atoms. The highest BCUT2D eigenvalue weighted by atomic mass is 19.4. The Morgan fingerprint density at radius 2 is 1.57 bits per heavy atom. The highest BCUT2D eigenvalue weighted by Gasteiger charge is 2.43. The van der Waals surface area contributed by atoms with Crippen molar-refractivity contribution >= 4 is 22.5 Å². The lowest BCUT2D eigenvalue weighted by Gasteiger charge is -2.21. The SMILES string of the molecule is Cc1cccc(C(=O)Nc2cc(C(F)(F)F)c(Oc3ccc4[nH]cc(C(C)C)c4c3)c(C(F)(F)F)c2)c1. The van der Waals surface area contributed by atoms with Gasteiger partial charge in [0.05, 0.1) is 0 Å². The van der Waals surface area contributed by atoms with E-state index in [-0.39, 0.29) is 17.2 Å². The van der Waals surface area contributed by atoms with Gasteiger partial charge in [0.1, 0.15) is 16.9 Å². The van der Waals surface area contributed by atoms with Crippen molar-refractivity contribution in [1.82, 2.24) is 4.98 Å². The van der Waals surface area contributed by atoms with Crippen molar-refractivity contribution in [1.29, 1.82) is 0 Å². The highest BCUT2D eigenvalue weighted by molar-refractivity contribution is 6.04. The summed E-state index contributed by atoms with van der Waals surface area (Å²) >= 11 is 0. The van der Waals surface area contributed by atoms with E-state index in [1.165, 1.54) is 30.3 Å². The van der Waals surface area contributed by atoms with Gasteiger partial charge in [0, 0.05) is 28.4 Å². The van der Waals surface area contributed by atoms with Gasteiger partial charge in [-0.3, -0.25) is 4.79 Å². The molecule has 0 unspecified atom stereocenters. The van der Waals surface area contributed by atoms with Crippen LogP contribution in [0.1, 0.15) is 52.4 Å². The third-order valence-electron chi connectivity index (χ3n) is 5.76. The summed E-state index contributed by atoms with van der Waals surface area (Å²) in [5.41, 5.74) is -1.72. The third kappa shape index (κ3) is 5.58. The second-order valence-electron chi connectivity index (χ2n) is 8.93. The molecule has 0 aliphatic heterocycles. The Kier molecular flexibility index (Phi) is 6.70. The van der Waals surface area contributed by atoms with Crippen molar-refractivity contribution < 1.29 is 35.9 Å². The van der Waals surface area contributed by atoms with Crippen molar-refractivity contribution in [3.8, 4) is 11.5 Å². The van der Waals surface area contributed by atoms with Crippen LogP contribution in [0.5, 0.6) is 11.5 Å². The van der Waals surface area contributed by atoms with Crippen LogP contribution < -0.4 is 10.1 Å². The Morgan fingerprint density at radius 1 is 0.919 bits per heavy atom. The highest BCUT2D eigenvalue weighted by Crippen LogP contribution is 2.48. The summed E-state index contributed by atoms with van der Waals surface area (Å²) in [5.74, 6) is -2.38. The molecule has 4 rings (SSSR count). The molecule has 0 spiro atoms. The summed E-state index contributed by atoms with van der Waals surface area (Å²) in [4.78, 5) is 15.6.